The Morgan fingerprint density at radius 3 is 2.52 bits per heavy atom. The third-order valence-corrected chi connectivity index (χ3v) is 4.69. The van der Waals surface area contributed by atoms with Gasteiger partial charge in [0.1, 0.15) is 0 Å². The molecule has 2 aromatic rings. The van der Waals surface area contributed by atoms with E-state index in [1.807, 2.05) is 56.3 Å². The lowest BCUT2D eigenvalue weighted by Crippen LogP contribution is -2.45. The number of anilines is 1. The van der Waals surface area contributed by atoms with E-state index < -0.39 is 6.04 Å². The maximum Gasteiger partial charge on any atom is 0.255 e. The highest BCUT2D eigenvalue weighted by Gasteiger charge is 2.31. The van der Waals surface area contributed by atoms with Crippen molar-refractivity contribution in [3.63, 3.8) is 0 Å². The molecule has 1 aliphatic heterocycles. The number of rotatable bonds is 3. The van der Waals surface area contributed by atoms with E-state index in [9.17, 15) is 4.79 Å². The molecule has 3 N–H and O–H groups in total. The molecule has 128 valence electrons. The first-order chi connectivity index (χ1) is 12.0. The van der Waals surface area contributed by atoms with Gasteiger partial charge >= 0.3 is 0 Å². The van der Waals surface area contributed by atoms with Crippen molar-refractivity contribution in [3.8, 4) is 0 Å². The van der Waals surface area contributed by atoms with E-state index in [2.05, 4.69) is 16.0 Å². The van der Waals surface area contributed by atoms with Gasteiger partial charge in [-0.1, -0.05) is 48.0 Å². The minimum Gasteiger partial charge on any atom is -0.351 e. The summed E-state index contributed by atoms with van der Waals surface area (Å²) in [5, 5.41) is 10.2. The molecule has 1 amide bonds. The van der Waals surface area contributed by atoms with Crippen molar-refractivity contribution in [3.05, 3.63) is 76.0 Å². The van der Waals surface area contributed by atoms with Crippen molar-refractivity contribution in [1.29, 1.82) is 0 Å². The molecule has 0 aliphatic carbocycles. The fourth-order valence-corrected chi connectivity index (χ4v) is 3.36. The fraction of sp³-hybridized carbons (Fsp3) is 0.158. The number of carbonyl (C=O) groups excluding carboxylic acids is 1. The average molecular weight is 372 g/mol. The quantitative estimate of drug-likeness (QED) is 0.711. The van der Waals surface area contributed by atoms with E-state index in [4.69, 9.17) is 23.8 Å². The van der Waals surface area contributed by atoms with Crippen molar-refractivity contribution >= 4 is 40.5 Å². The Morgan fingerprint density at radius 2 is 1.80 bits per heavy atom. The predicted octanol–water partition coefficient (Wildman–Crippen LogP) is 4.08. The number of para-hydroxylation sites is 1. The molecular weight excluding hydrogens is 354 g/mol. The molecule has 0 unspecified atom stereocenters. The number of carbonyl (C=O) groups is 1. The van der Waals surface area contributed by atoms with Crippen LogP contribution in [0.15, 0.2) is 59.8 Å². The van der Waals surface area contributed by atoms with E-state index in [1.54, 1.807) is 6.07 Å². The first-order valence-corrected chi connectivity index (χ1v) is 8.65. The van der Waals surface area contributed by atoms with Crippen LogP contribution in [0.3, 0.4) is 0 Å². The SMILES string of the molecule is CC1=C(C(=O)Nc2ccccc2C)[C@H](c2ccccc2Cl)NC(=S)N1. The molecule has 0 fully saturated rings. The molecule has 0 saturated carbocycles. The van der Waals surface area contributed by atoms with E-state index in [0.29, 0.717) is 21.4 Å². The first kappa shape index (κ1) is 17.5. The maximum atomic E-state index is 13.0. The molecule has 0 aromatic heterocycles. The number of halogens is 1. The van der Waals surface area contributed by atoms with Gasteiger partial charge in [-0.15, -0.1) is 0 Å². The molecule has 4 nitrogen and oxygen atoms in total. The minimum atomic E-state index is -0.411. The van der Waals surface area contributed by atoms with Crippen LogP contribution in [0.5, 0.6) is 0 Å². The highest BCUT2D eigenvalue weighted by atomic mass is 35.5. The van der Waals surface area contributed by atoms with E-state index in [-0.39, 0.29) is 5.91 Å². The maximum absolute atomic E-state index is 13.0. The number of aryl methyl sites for hydroxylation is 1. The van der Waals surface area contributed by atoms with Crippen molar-refractivity contribution in [2.45, 2.75) is 19.9 Å². The molecular formula is C19H18ClN3OS. The minimum absolute atomic E-state index is 0.195. The lowest BCUT2D eigenvalue weighted by atomic mass is 9.94. The van der Waals surface area contributed by atoms with Gasteiger partial charge in [0.2, 0.25) is 0 Å². The van der Waals surface area contributed by atoms with Gasteiger partial charge in [-0.05, 0) is 49.3 Å². The average Bonchev–Trinajstić information content (AvgIpc) is 2.56. The van der Waals surface area contributed by atoms with Crippen LogP contribution < -0.4 is 16.0 Å². The molecule has 6 heteroatoms. The number of hydrogen-bond acceptors (Lipinski definition) is 2. The van der Waals surface area contributed by atoms with Gasteiger partial charge in [0.05, 0.1) is 11.6 Å². The summed E-state index contributed by atoms with van der Waals surface area (Å²) < 4.78 is 0. The van der Waals surface area contributed by atoms with Crippen molar-refractivity contribution < 1.29 is 4.79 Å². The Labute approximate surface area is 157 Å². The molecule has 0 bridgehead atoms. The van der Waals surface area contributed by atoms with Crippen LogP contribution in [-0.4, -0.2) is 11.0 Å². The van der Waals surface area contributed by atoms with Crippen LogP contribution in [0, 0.1) is 6.92 Å². The molecule has 0 saturated heterocycles. The zero-order chi connectivity index (χ0) is 18.0. The zero-order valence-corrected chi connectivity index (χ0v) is 15.5. The van der Waals surface area contributed by atoms with Crippen molar-refractivity contribution in [2.24, 2.45) is 0 Å². The van der Waals surface area contributed by atoms with E-state index >= 15 is 0 Å². The summed E-state index contributed by atoms with van der Waals surface area (Å²) in [6.07, 6.45) is 0. The van der Waals surface area contributed by atoms with Crippen LogP contribution in [0.25, 0.3) is 0 Å². The van der Waals surface area contributed by atoms with Gasteiger partial charge in [0, 0.05) is 16.4 Å². The Kier molecular flexibility index (Phi) is 5.06. The summed E-state index contributed by atoms with van der Waals surface area (Å²) in [5.74, 6) is -0.195. The summed E-state index contributed by atoms with van der Waals surface area (Å²) in [5.41, 5.74) is 3.85. The summed E-state index contributed by atoms with van der Waals surface area (Å²) in [4.78, 5) is 13.0. The molecule has 0 spiro atoms. The monoisotopic (exact) mass is 371 g/mol. The Morgan fingerprint density at radius 1 is 1.12 bits per heavy atom. The molecule has 0 radical (unpaired) electrons. The topological polar surface area (TPSA) is 53.2 Å². The highest BCUT2D eigenvalue weighted by molar-refractivity contribution is 7.80. The van der Waals surface area contributed by atoms with Gasteiger partial charge in [-0.25, -0.2) is 0 Å². The van der Waals surface area contributed by atoms with Gasteiger partial charge < -0.3 is 16.0 Å². The van der Waals surface area contributed by atoms with Gasteiger partial charge in [0.15, 0.2) is 5.11 Å². The Balaban J connectivity index is 1.99. The number of amides is 1. The summed E-state index contributed by atoms with van der Waals surface area (Å²) in [6.45, 7) is 3.79. The van der Waals surface area contributed by atoms with Gasteiger partial charge in [0.25, 0.3) is 5.91 Å². The molecule has 1 heterocycles. The third-order valence-electron chi connectivity index (χ3n) is 4.12. The number of thiocarbonyl (C=S) groups is 1. The van der Waals surface area contributed by atoms with Gasteiger partial charge in [-0.3, -0.25) is 4.79 Å². The second kappa shape index (κ2) is 7.25. The van der Waals surface area contributed by atoms with E-state index in [0.717, 1.165) is 16.8 Å². The van der Waals surface area contributed by atoms with Gasteiger partial charge in [-0.2, -0.15) is 0 Å². The second-order valence-electron chi connectivity index (χ2n) is 5.86. The predicted molar refractivity (Wildman–Crippen MR) is 106 cm³/mol. The molecule has 25 heavy (non-hydrogen) atoms. The van der Waals surface area contributed by atoms with Crippen LogP contribution in [0.1, 0.15) is 24.1 Å². The number of hydrogen-bond donors (Lipinski definition) is 3. The second-order valence-corrected chi connectivity index (χ2v) is 6.68. The Hall–Kier alpha value is -2.37. The number of allylic oxidation sites excluding steroid dienone is 1. The highest BCUT2D eigenvalue weighted by Crippen LogP contribution is 2.32. The normalized spacial score (nSPS) is 16.9. The molecule has 3 rings (SSSR count). The molecule has 2 aromatic carbocycles. The fourth-order valence-electron chi connectivity index (χ4n) is 2.84. The van der Waals surface area contributed by atoms with E-state index in [1.165, 1.54) is 0 Å². The Bertz CT molecular complexity index is 878. The largest absolute Gasteiger partial charge is 0.351 e. The third kappa shape index (κ3) is 3.67. The zero-order valence-electron chi connectivity index (χ0n) is 13.9. The molecule has 1 atom stereocenters. The number of nitrogens with one attached hydrogen (secondary N) is 3. The van der Waals surface area contributed by atoms with Crippen molar-refractivity contribution in [2.75, 3.05) is 5.32 Å². The summed E-state index contributed by atoms with van der Waals surface area (Å²) in [7, 11) is 0. The summed E-state index contributed by atoms with van der Waals surface area (Å²) in [6, 6.07) is 14.7. The first-order valence-electron chi connectivity index (χ1n) is 7.87. The van der Waals surface area contributed by atoms with Crippen LogP contribution >= 0.6 is 23.8 Å². The standard InChI is InChI=1S/C19H18ClN3OS/c1-11-7-3-6-10-15(11)22-18(24)16-12(2)21-19(25)23-17(16)13-8-4-5-9-14(13)20/h3-10,17H,1-2H3,(H,22,24)(H2,21,23,25)/t17-/m0/s1. The smallest absolute Gasteiger partial charge is 0.255 e. The van der Waals surface area contributed by atoms with Crippen LogP contribution in [0.4, 0.5) is 5.69 Å². The lowest BCUT2D eigenvalue weighted by Gasteiger charge is -2.31. The summed E-state index contributed by atoms with van der Waals surface area (Å²) >= 11 is 11.6. The number of benzene rings is 2. The lowest BCUT2D eigenvalue weighted by molar-refractivity contribution is -0.113. The van der Waals surface area contributed by atoms with Crippen molar-refractivity contribution in [1.82, 2.24) is 10.6 Å². The van der Waals surface area contributed by atoms with Crippen LogP contribution in [-0.2, 0) is 4.79 Å². The van der Waals surface area contributed by atoms with Crippen LogP contribution in [0.2, 0.25) is 5.02 Å². The molecule has 1 aliphatic rings.